The van der Waals surface area contributed by atoms with Crippen LogP contribution >= 0.6 is 11.6 Å². The van der Waals surface area contributed by atoms with E-state index in [1.807, 2.05) is 11.8 Å². The molecule has 5 heteroatoms. The smallest absolute Gasteiger partial charge is 0.274 e. The number of hydrogen-bond acceptors (Lipinski definition) is 3. The first-order chi connectivity index (χ1) is 9.11. The van der Waals surface area contributed by atoms with Crippen LogP contribution in [0.25, 0.3) is 0 Å². The predicted octanol–water partition coefficient (Wildman–Crippen LogP) is 3.04. The van der Waals surface area contributed by atoms with Gasteiger partial charge in [-0.15, -0.1) is 0 Å². The number of nitrogens with zero attached hydrogens (tertiary/aromatic N) is 2. The molecule has 0 saturated carbocycles. The fraction of sp³-hybridized carbons (Fsp3) is 0.571. The average Bonchev–Trinajstić information content (AvgIpc) is 2.40. The van der Waals surface area contributed by atoms with Gasteiger partial charge in [0.05, 0.1) is 5.02 Å². The monoisotopic (exact) mass is 281 g/mol. The van der Waals surface area contributed by atoms with E-state index in [4.69, 9.17) is 11.6 Å². The number of piperidine rings is 1. The molecule has 2 rings (SSSR count). The van der Waals surface area contributed by atoms with Gasteiger partial charge in [-0.25, -0.2) is 4.98 Å². The Morgan fingerprint density at radius 1 is 1.58 bits per heavy atom. The summed E-state index contributed by atoms with van der Waals surface area (Å²) in [4.78, 5) is 18.7. The molecule has 0 aromatic carbocycles. The van der Waals surface area contributed by atoms with Crippen LogP contribution in [0.3, 0.4) is 0 Å². The summed E-state index contributed by atoms with van der Waals surface area (Å²) in [5, 5.41) is 3.52. The van der Waals surface area contributed by atoms with E-state index in [1.165, 1.54) is 6.42 Å². The van der Waals surface area contributed by atoms with E-state index in [2.05, 4.69) is 17.2 Å². The van der Waals surface area contributed by atoms with Crippen LogP contribution in [0.2, 0.25) is 5.02 Å². The number of amides is 1. The Bertz CT molecular complexity index is 464. The number of anilines is 1. The molecule has 0 radical (unpaired) electrons. The van der Waals surface area contributed by atoms with E-state index in [1.54, 1.807) is 12.1 Å². The van der Waals surface area contributed by atoms with E-state index in [9.17, 15) is 4.79 Å². The van der Waals surface area contributed by atoms with E-state index in [0.717, 1.165) is 26.1 Å². The molecule has 1 aromatic heterocycles. The molecule has 1 saturated heterocycles. The highest BCUT2D eigenvalue weighted by Crippen LogP contribution is 2.22. The lowest BCUT2D eigenvalue weighted by Gasteiger charge is -2.30. The fourth-order valence-electron chi connectivity index (χ4n) is 2.40. The van der Waals surface area contributed by atoms with Crippen molar-refractivity contribution in [3.63, 3.8) is 0 Å². The third-order valence-electron chi connectivity index (χ3n) is 3.35. The van der Waals surface area contributed by atoms with E-state index in [0.29, 0.717) is 22.5 Å². The van der Waals surface area contributed by atoms with Crippen molar-refractivity contribution in [1.29, 1.82) is 0 Å². The van der Waals surface area contributed by atoms with Gasteiger partial charge in [-0.3, -0.25) is 4.79 Å². The van der Waals surface area contributed by atoms with Crippen molar-refractivity contribution in [2.24, 2.45) is 5.92 Å². The number of pyridine rings is 1. The zero-order chi connectivity index (χ0) is 13.8. The topological polar surface area (TPSA) is 45.2 Å². The Labute approximate surface area is 119 Å². The van der Waals surface area contributed by atoms with Crippen LogP contribution in [0.1, 0.15) is 37.2 Å². The van der Waals surface area contributed by atoms with Crippen molar-refractivity contribution in [3.8, 4) is 0 Å². The first-order valence-electron chi connectivity index (χ1n) is 6.81. The molecular weight excluding hydrogens is 262 g/mol. The van der Waals surface area contributed by atoms with E-state index < -0.39 is 0 Å². The predicted molar refractivity (Wildman–Crippen MR) is 77.7 cm³/mol. The van der Waals surface area contributed by atoms with Gasteiger partial charge >= 0.3 is 0 Å². The highest BCUT2D eigenvalue weighted by molar-refractivity contribution is 6.33. The minimum Gasteiger partial charge on any atom is -0.370 e. The van der Waals surface area contributed by atoms with Gasteiger partial charge in [-0.2, -0.15) is 0 Å². The van der Waals surface area contributed by atoms with Crippen molar-refractivity contribution >= 4 is 23.3 Å². The van der Waals surface area contributed by atoms with E-state index >= 15 is 0 Å². The lowest BCUT2D eigenvalue weighted by atomic mass is 10.00. The van der Waals surface area contributed by atoms with Gasteiger partial charge in [0.25, 0.3) is 5.91 Å². The molecule has 0 aliphatic carbocycles. The quantitative estimate of drug-likeness (QED) is 0.926. The maximum atomic E-state index is 12.5. The second kappa shape index (κ2) is 6.24. The summed E-state index contributed by atoms with van der Waals surface area (Å²) in [5.74, 6) is 1.19. The minimum atomic E-state index is -0.0590. The first kappa shape index (κ1) is 14.1. The summed E-state index contributed by atoms with van der Waals surface area (Å²) < 4.78 is 0. The minimum absolute atomic E-state index is 0.0590. The van der Waals surface area contributed by atoms with Crippen LogP contribution in [0.4, 0.5) is 5.82 Å². The van der Waals surface area contributed by atoms with Crippen LogP contribution < -0.4 is 5.32 Å². The maximum absolute atomic E-state index is 12.5. The number of carbonyl (C=O) groups is 1. The summed E-state index contributed by atoms with van der Waals surface area (Å²) >= 11 is 6.11. The van der Waals surface area contributed by atoms with Gasteiger partial charge in [-0.05, 0) is 37.8 Å². The largest absolute Gasteiger partial charge is 0.370 e. The van der Waals surface area contributed by atoms with Gasteiger partial charge < -0.3 is 10.2 Å². The Morgan fingerprint density at radius 2 is 2.37 bits per heavy atom. The molecule has 1 fully saturated rings. The molecule has 19 heavy (non-hydrogen) atoms. The summed E-state index contributed by atoms with van der Waals surface area (Å²) in [7, 11) is 0. The number of rotatable bonds is 3. The van der Waals surface area contributed by atoms with Crippen LogP contribution in [-0.4, -0.2) is 35.4 Å². The lowest BCUT2D eigenvalue weighted by Crippen LogP contribution is -2.39. The van der Waals surface area contributed by atoms with Crippen molar-refractivity contribution in [1.82, 2.24) is 9.88 Å². The van der Waals surface area contributed by atoms with Crippen LogP contribution in [0.5, 0.6) is 0 Å². The number of nitrogens with one attached hydrogen (secondary N) is 1. The molecule has 2 heterocycles. The summed E-state index contributed by atoms with van der Waals surface area (Å²) in [6.45, 7) is 6.52. The third-order valence-corrected chi connectivity index (χ3v) is 3.66. The molecule has 4 nitrogen and oxygen atoms in total. The summed E-state index contributed by atoms with van der Waals surface area (Å²) in [6, 6.07) is 3.52. The van der Waals surface area contributed by atoms with E-state index in [-0.39, 0.29) is 5.91 Å². The number of halogens is 1. The molecular formula is C14H20ClN3O. The number of hydrogen-bond donors (Lipinski definition) is 1. The van der Waals surface area contributed by atoms with Crippen molar-refractivity contribution in [2.45, 2.75) is 26.7 Å². The Balaban J connectivity index is 2.19. The summed E-state index contributed by atoms with van der Waals surface area (Å²) in [6.07, 6.45) is 2.24. The standard InChI is InChI=1S/C14H20ClN3O/c1-3-16-12-7-6-11(15)13(17-12)14(19)18-8-4-5-10(2)9-18/h6-7,10H,3-5,8-9H2,1-2H3,(H,16,17). The van der Waals surface area contributed by atoms with Crippen LogP contribution in [0, 0.1) is 5.92 Å². The molecule has 1 N–H and O–H groups in total. The molecule has 1 amide bonds. The SMILES string of the molecule is CCNc1ccc(Cl)c(C(=O)N2CCCC(C)C2)n1. The molecule has 1 aliphatic heterocycles. The maximum Gasteiger partial charge on any atom is 0.274 e. The molecule has 1 atom stereocenters. The van der Waals surface area contributed by atoms with Crippen LogP contribution in [-0.2, 0) is 0 Å². The van der Waals surface area contributed by atoms with Gasteiger partial charge in [0, 0.05) is 19.6 Å². The molecule has 1 aromatic rings. The Hall–Kier alpha value is -1.29. The molecule has 0 bridgehead atoms. The molecule has 1 unspecified atom stereocenters. The van der Waals surface area contributed by atoms with Gasteiger partial charge in [-0.1, -0.05) is 18.5 Å². The fourth-order valence-corrected chi connectivity index (χ4v) is 2.58. The third kappa shape index (κ3) is 3.38. The average molecular weight is 282 g/mol. The van der Waals surface area contributed by atoms with Crippen molar-refractivity contribution in [3.05, 3.63) is 22.8 Å². The molecule has 0 spiro atoms. The Morgan fingerprint density at radius 3 is 3.05 bits per heavy atom. The summed E-state index contributed by atoms with van der Waals surface area (Å²) in [5.41, 5.74) is 0.356. The zero-order valence-electron chi connectivity index (χ0n) is 11.4. The Kier molecular flexibility index (Phi) is 4.64. The zero-order valence-corrected chi connectivity index (χ0v) is 12.2. The number of likely N-dealkylation sites (tertiary alicyclic amines) is 1. The molecule has 104 valence electrons. The van der Waals surface area contributed by atoms with Gasteiger partial charge in [0.2, 0.25) is 0 Å². The van der Waals surface area contributed by atoms with Gasteiger partial charge in [0.1, 0.15) is 11.5 Å². The van der Waals surface area contributed by atoms with Crippen LogP contribution in [0.15, 0.2) is 12.1 Å². The van der Waals surface area contributed by atoms with Gasteiger partial charge in [0.15, 0.2) is 0 Å². The number of aromatic nitrogens is 1. The highest BCUT2D eigenvalue weighted by atomic mass is 35.5. The van der Waals surface area contributed by atoms with Crippen molar-refractivity contribution < 1.29 is 4.79 Å². The van der Waals surface area contributed by atoms with Crippen molar-refractivity contribution in [2.75, 3.05) is 25.0 Å². The molecule has 1 aliphatic rings. The normalized spacial score (nSPS) is 19.3. The second-order valence-corrected chi connectivity index (χ2v) is 5.46. The highest BCUT2D eigenvalue weighted by Gasteiger charge is 2.24. The first-order valence-corrected chi connectivity index (χ1v) is 7.19. The lowest BCUT2D eigenvalue weighted by molar-refractivity contribution is 0.0677. The second-order valence-electron chi connectivity index (χ2n) is 5.06. The number of carbonyl (C=O) groups excluding carboxylic acids is 1.